The van der Waals surface area contributed by atoms with E-state index in [0.717, 1.165) is 45.1 Å². The molecule has 44 heavy (non-hydrogen) atoms. The Kier molecular flexibility index (Phi) is 5.24. The third-order valence-corrected chi connectivity index (χ3v) is 9.33. The van der Waals surface area contributed by atoms with Gasteiger partial charge in [0, 0.05) is 27.3 Å². The average molecular weight is 564 g/mol. The number of rotatable bonds is 3. The second-order valence-corrected chi connectivity index (χ2v) is 12.3. The molecule has 0 unspecified atom stereocenters. The second kappa shape index (κ2) is 9.23. The Balaban J connectivity index is 1.40. The first-order valence-electron chi connectivity index (χ1n) is 15.2. The highest BCUT2D eigenvalue weighted by molar-refractivity contribution is 6.14. The van der Waals surface area contributed by atoms with E-state index in [0.29, 0.717) is 0 Å². The van der Waals surface area contributed by atoms with Crippen LogP contribution in [-0.2, 0) is 5.41 Å². The minimum atomic E-state index is -0.277. The van der Waals surface area contributed by atoms with Gasteiger partial charge in [0.1, 0.15) is 5.82 Å². The molecule has 0 N–H and O–H groups in total. The molecule has 0 saturated carbocycles. The summed E-state index contributed by atoms with van der Waals surface area (Å²) in [6.07, 6.45) is 0. The van der Waals surface area contributed by atoms with Crippen LogP contribution < -0.4 is 0 Å². The Bertz CT molecular complexity index is 2410. The number of hydrogen-bond donors (Lipinski definition) is 0. The van der Waals surface area contributed by atoms with Crippen LogP contribution in [0, 0.1) is 0 Å². The van der Waals surface area contributed by atoms with Crippen molar-refractivity contribution in [3.05, 3.63) is 151 Å². The molecule has 0 aliphatic heterocycles. The molecule has 0 radical (unpaired) electrons. The normalized spacial score (nSPS) is 13.4. The third-order valence-electron chi connectivity index (χ3n) is 9.33. The van der Waals surface area contributed by atoms with E-state index in [2.05, 4.69) is 158 Å². The lowest BCUT2D eigenvalue weighted by atomic mass is 9.85. The molecule has 0 saturated heterocycles. The lowest BCUT2D eigenvalue weighted by Gasteiger charge is -2.21. The summed E-state index contributed by atoms with van der Waals surface area (Å²) in [5.74, 6) is 1.67. The summed E-state index contributed by atoms with van der Waals surface area (Å²) in [6.45, 7) is 4.58. The summed E-state index contributed by atoms with van der Waals surface area (Å²) in [5, 5.41) is 4.90. The first kappa shape index (κ1) is 25.0. The van der Waals surface area contributed by atoms with Gasteiger partial charge in [-0.05, 0) is 57.3 Å². The summed E-state index contributed by atoms with van der Waals surface area (Å²) in [4.78, 5) is 10.9. The molecule has 0 atom stereocenters. The van der Waals surface area contributed by atoms with Crippen molar-refractivity contribution in [1.29, 1.82) is 0 Å². The lowest BCUT2D eigenvalue weighted by Crippen LogP contribution is -2.18. The summed E-state index contributed by atoms with van der Waals surface area (Å²) in [5.41, 5.74) is 10.0. The number of benzene rings is 6. The molecule has 6 aromatic carbocycles. The molecule has 9 rings (SSSR count). The molecule has 3 heteroatoms. The van der Waals surface area contributed by atoms with Gasteiger partial charge in [-0.3, -0.25) is 4.57 Å². The number of nitrogens with zero attached hydrogens (tertiary/aromatic N) is 3. The summed E-state index contributed by atoms with van der Waals surface area (Å²) in [7, 11) is 0. The van der Waals surface area contributed by atoms with Crippen molar-refractivity contribution in [3.8, 4) is 39.5 Å². The molecule has 3 nitrogen and oxygen atoms in total. The monoisotopic (exact) mass is 563 g/mol. The minimum Gasteiger partial charge on any atom is -0.293 e. The van der Waals surface area contributed by atoms with Crippen LogP contribution in [-0.4, -0.2) is 14.5 Å². The van der Waals surface area contributed by atoms with Crippen molar-refractivity contribution < 1.29 is 0 Å². The summed E-state index contributed by atoms with van der Waals surface area (Å²) in [6, 6.07) is 49.8. The quantitative estimate of drug-likeness (QED) is 0.214. The predicted molar refractivity (Wildman–Crippen MR) is 182 cm³/mol. The minimum absolute atomic E-state index is 0.277. The highest BCUT2D eigenvalue weighted by Crippen LogP contribution is 2.51. The predicted octanol–water partition coefficient (Wildman–Crippen LogP) is 10.4. The molecule has 1 aliphatic carbocycles. The van der Waals surface area contributed by atoms with Crippen LogP contribution in [0.15, 0.2) is 140 Å². The van der Waals surface area contributed by atoms with Crippen molar-refractivity contribution in [3.63, 3.8) is 0 Å². The summed E-state index contributed by atoms with van der Waals surface area (Å²) >= 11 is 0. The van der Waals surface area contributed by atoms with Gasteiger partial charge < -0.3 is 0 Å². The van der Waals surface area contributed by atoms with Gasteiger partial charge in [0.2, 0.25) is 0 Å². The largest absolute Gasteiger partial charge is 0.293 e. The van der Waals surface area contributed by atoms with Gasteiger partial charge in [0.25, 0.3) is 0 Å². The maximum Gasteiger partial charge on any atom is 0.161 e. The second-order valence-electron chi connectivity index (χ2n) is 12.3. The van der Waals surface area contributed by atoms with Gasteiger partial charge in [0.15, 0.2) is 5.82 Å². The van der Waals surface area contributed by atoms with Gasteiger partial charge in [-0.2, -0.15) is 0 Å². The number of aromatic nitrogens is 3. The number of hydrogen-bond acceptors (Lipinski definition) is 2. The van der Waals surface area contributed by atoms with Crippen LogP contribution in [0.25, 0.3) is 72.0 Å². The van der Waals surface area contributed by atoms with E-state index in [1.165, 1.54) is 38.2 Å². The van der Waals surface area contributed by atoms with Crippen molar-refractivity contribution in [2.45, 2.75) is 19.3 Å². The van der Waals surface area contributed by atoms with Gasteiger partial charge >= 0.3 is 0 Å². The molecule has 0 spiro atoms. The maximum absolute atomic E-state index is 5.49. The molecular formula is C41H29N3. The van der Waals surface area contributed by atoms with Crippen molar-refractivity contribution in [1.82, 2.24) is 14.5 Å². The van der Waals surface area contributed by atoms with Crippen LogP contribution in [0.5, 0.6) is 0 Å². The van der Waals surface area contributed by atoms with E-state index in [4.69, 9.17) is 9.97 Å². The van der Waals surface area contributed by atoms with E-state index in [1.54, 1.807) is 0 Å². The van der Waals surface area contributed by atoms with Gasteiger partial charge in [0.05, 0.1) is 16.7 Å². The topological polar surface area (TPSA) is 30.7 Å². The van der Waals surface area contributed by atoms with Crippen LogP contribution in [0.3, 0.4) is 0 Å². The zero-order valence-corrected chi connectivity index (χ0v) is 24.6. The first-order chi connectivity index (χ1) is 21.6. The molecule has 2 aromatic heterocycles. The Labute approximate surface area is 256 Å². The maximum atomic E-state index is 5.49. The fourth-order valence-electron chi connectivity index (χ4n) is 7.17. The van der Waals surface area contributed by atoms with Crippen LogP contribution in [0.1, 0.15) is 25.1 Å². The van der Waals surface area contributed by atoms with Gasteiger partial charge in [-0.25, -0.2) is 9.97 Å². The number of fused-ring (bicyclic) bond motifs is 7. The zero-order valence-electron chi connectivity index (χ0n) is 24.6. The molecule has 208 valence electrons. The fourth-order valence-corrected chi connectivity index (χ4v) is 7.17. The Morgan fingerprint density at radius 2 is 1.20 bits per heavy atom. The van der Waals surface area contributed by atoms with Crippen molar-refractivity contribution in [2.24, 2.45) is 0 Å². The first-order valence-corrected chi connectivity index (χ1v) is 15.2. The smallest absolute Gasteiger partial charge is 0.161 e. The standard InChI is InChI=1S/C41H29N3/c1-41(2)34-21-10-8-20-32(34)37-38(41)42-39(30-18-12-17-27(23-30)26-13-4-3-5-14-26)43-40(37)44-35-22-11-9-19-31(35)33-24-28-15-6-7-16-29(28)25-36(33)44/h3-25H,1-2H3. The molecular weight excluding hydrogens is 534 g/mol. The fraction of sp³-hybridized carbons (Fsp3) is 0.0732. The van der Waals surface area contributed by atoms with Gasteiger partial charge in [-0.15, -0.1) is 0 Å². The van der Waals surface area contributed by atoms with E-state index < -0.39 is 0 Å². The number of para-hydroxylation sites is 1. The van der Waals surface area contributed by atoms with Crippen LogP contribution in [0.2, 0.25) is 0 Å². The van der Waals surface area contributed by atoms with E-state index in [-0.39, 0.29) is 5.41 Å². The average Bonchev–Trinajstić information content (AvgIpc) is 3.52. The van der Waals surface area contributed by atoms with E-state index in [9.17, 15) is 0 Å². The molecule has 2 heterocycles. The Morgan fingerprint density at radius 1 is 0.523 bits per heavy atom. The molecule has 8 aromatic rings. The van der Waals surface area contributed by atoms with Gasteiger partial charge in [-0.1, -0.05) is 129 Å². The highest BCUT2D eigenvalue weighted by Gasteiger charge is 2.40. The van der Waals surface area contributed by atoms with Crippen molar-refractivity contribution >= 4 is 32.6 Å². The summed E-state index contributed by atoms with van der Waals surface area (Å²) < 4.78 is 2.38. The lowest BCUT2D eigenvalue weighted by molar-refractivity contribution is 0.635. The van der Waals surface area contributed by atoms with E-state index in [1.807, 2.05) is 0 Å². The zero-order chi connectivity index (χ0) is 29.4. The van der Waals surface area contributed by atoms with Crippen LogP contribution >= 0.6 is 0 Å². The molecule has 0 fully saturated rings. The van der Waals surface area contributed by atoms with E-state index >= 15 is 0 Å². The van der Waals surface area contributed by atoms with Crippen LogP contribution in [0.4, 0.5) is 0 Å². The SMILES string of the molecule is CC1(C)c2ccccc2-c2c(-n3c4ccccc4c4cc5ccccc5cc43)nc(-c3cccc(-c4ccccc4)c3)nc21. The molecule has 1 aliphatic rings. The Hall–Kier alpha value is -5.54. The third kappa shape index (κ3) is 3.56. The highest BCUT2D eigenvalue weighted by atomic mass is 15.1. The van der Waals surface area contributed by atoms with Crippen molar-refractivity contribution in [2.75, 3.05) is 0 Å². The Morgan fingerprint density at radius 3 is 2.07 bits per heavy atom. The molecule has 0 amide bonds. The molecule has 0 bridgehead atoms.